The minimum Gasteiger partial charge on any atom is -0.493 e. The monoisotopic (exact) mass is 426 g/mol. The Morgan fingerprint density at radius 2 is 1.97 bits per heavy atom. The highest BCUT2D eigenvalue weighted by atomic mass is 16.5. The first-order valence-electron chi connectivity index (χ1n) is 11.2. The predicted octanol–water partition coefficient (Wildman–Crippen LogP) is 2.86. The number of ether oxygens (including phenoxy) is 3. The van der Waals surface area contributed by atoms with Gasteiger partial charge in [-0.2, -0.15) is 0 Å². The molecule has 2 saturated heterocycles. The minimum absolute atomic E-state index is 0.153. The molecule has 4 rings (SSSR count). The van der Waals surface area contributed by atoms with Crippen molar-refractivity contribution in [2.24, 2.45) is 0 Å². The average molecular weight is 427 g/mol. The van der Waals surface area contributed by atoms with E-state index >= 15 is 0 Å². The fraction of sp³-hybridized carbons (Fsp3) is 0.542. The van der Waals surface area contributed by atoms with Gasteiger partial charge in [0, 0.05) is 62.6 Å². The zero-order valence-corrected chi connectivity index (χ0v) is 18.8. The molecular formula is C24H34N4O3. The summed E-state index contributed by atoms with van der Waals surface area (Å²) in [5, 5.41) is 3.67. The van der Waals surface area contributed by atoms with Crippen LogP contribution in [0.4, 0.5) is 5.82 Å². The summed E-state index contributed by atoms with van der Waals surface area (Å²) in [5.41, 5.74) is 2.39. The van der Waals surface area contributed by atoms with Crippen molar-refractivity contribution in [2.75, 3.05) is 57.9 Å². The highest BCUT2D eigenvalue weighted by Gasteiger charge is 2.26. The molecule has 1 aromatic carbocycles. The number of hydrogen-bond donors (Lipinski definition) is 1. The largest absolute Gasteiger partial charge is 0.493 e. The van der Waals surface area contributed by atoms with E-state index in [1.165, 1.54) is 11.1 Å². The fourth-order valence-corrected chi connectivity index (χ4v) is 4.36. The van der Waals surface area contributed by atoms with E-state index in [4.69, 9.17) is 14.2 Å². The Morgan fingerprint density at radius 3 is 2.74 bits per heavy atom. The van der Waals surface area contributed by atoms with Gasteiger partial charge in [0.05, 0.1) is 26.4 Å². The van der Waals surface area contributed by atoms with Crippen molar-refractivity contribution in [3.63, 3.8) is 0 Å². The first kappa shape index (κ1) is 21.9. The van der Waals surface area contributed by atoms with Gasteiger partial charge in [0.1, 0.15) is 5.75 Å². The molecule has 3 heterocycles. The van der Waals surface area contributed by atoms with Gasteiger partial charge in [0.2, 0.25) is 0 Å². The van der Waals surface area contributed by atoms with Crippen LogP contribution in [0.25, 0.3) is 0 Å². The third-order valence-electron chi connectivity index (χ3n) is 5.79. The molecule has 1 aromatic heterocycles. The van der Waals surface area contributed by atoms with Crippen molar-refractivity contribution in [3.8, 4) is 11.5 Å². The van der Waals surface area contributed by atoms with Crippen LogP contribution >= 0.6 is 0 Å². The molecule has 1 N–H and O–H groups in total. The van der Waals surface area contributed by atoms with Gasteiger partial charge in [-0.25, -0.2) is 4.98 Å². The number of rotatable bonds is 7. The Morgan fingerprint density at radius 1 is 1.16 bits per heavy atom. The van der Waals surface area contributed by atoms with Crippen molar-refractivity contribution in [1.29, 1.82) is 0 Å². The molecule has 2 fully saturated rings. The van der Waals surface area contributed by atoms with Crippen LogP contribution in [-0.4, -0.2) is 69.0 Å². The summed E-state index contributed by atoms with van der Waals surface area (Å²) in [6, 6.07) is 10.7. The summed E-state index contributed by atoms with van der Waals surface area (Å²) < 4.78 is 17.4. The zero-order valence-electron chi connectivity index (χ0n) is 18.8. The molecule has 0 spiro atoms. The van der Waals surface area contributed by atoms with Crippen LogP contribution in [-0.2, 0) is 11.3 Å². The van der Waals surface area contributed by atoms with Crippen molar-refractivity contribution in [1.82, 2.24) is 15.2 Å². The Bertz CT molecular complexity index is 854. The van der Waals surface area contributed by atoms with Gasteiger partial charge in [0.25, 0.3) is 0 Å². The number of anilines is 1. The summed E-state index contributed by atoms with van der Waals surface area (Å²) in [5.74, 6) is 2.77. The summed E-state index contributed by atoms with van der Waals surface area (Å²) in [4.78, 5) is 9.36. The van der Waals surface area contributed by atoms with Gasteiger partial charge in [-0.3, -0.25) is 4.90 Å². The highest BCUT2D eigenvalue weighted by molar-refractivity contribution is 5.56. The topological polar surface area (TPSA) is 59.1 Å². The van der Waals surface area contributed by atoms with Crippen LogP contribution in [0.2, 0.25) is 0 Å². The molecule has 0 radical (unpaired) electrons. The summed E-state index contributed by atoms with van der Waals surface area (Å²) >= 11 is 0. The van der Waals surface area contributed by atoms with E-state index in [1.807, 2.05) is 12.3 Å². The molecule has 7 heteroatoms. The second kappa shape index (κ2) is 10.3. The molecule has 1 atom stereocenters. The minimum atomic E-state index is 0.153. The van der Waals surface area contributed by atoms with E-state index in [1.54, 1.807) is 7.11 Å². The summed E-state index contributed by atoms with van der Waals surface area (Å²) in [7, 11) is 1.74. The number of morpholine rings is 1. The Labute approximate surface area is 185 Å². The number of pyridine rings is 1. The van der Waals surface area contributed by atoms with Gasteiger partial charge in [0.15, 0.2) is 11.6 Å². The van der Waals surface area contributed by atoms with Crippen LogP contribution in [0.5, 0.6) is 11.5 Å². The maximum absolute atomic E-state index is 6.07. The Balaban J connectivity index is 1.50. The first-order valence-corrected chi connectivity index (χ1v) is 11.2. The maximum Gasteiger partial charge on any atom is 0.171 e. The molecule has 2 aromatic rings. The van der Waals surface area contributed by atoms with Gasteiger partial charge in [-0.1, -0.05) is 18.2 Å². The third kappa shape index (κ3) is 5.29. The van der Waals surface area contributed by atoms with E-state index in [0.717, 1.165) is 69.8 Å². The predicted molar refractivity (Wildman–Crippen MR) is 122 cm³/mol. The molecule has 1 unspecified atom stereocenters. The molecule has 0 bridgehead atoms. The molecule has 2 aliphatic heterocycles. The van der Waals surface area contributed by atoms with Crippen LogP contribution in [0.3, 0.4) is 0 Å². The van der Waals surface area contributed by atoms with Crippen LogP contribution in [0, 0.1) is 0 Å². The van der Waals surface area contributed by atoms with Crippen LogP contribution < -0.4 is 19.7 Å². The van der Waals surface area contributed by atoms with E-state index in [-0.39, 0.29) is 12.1 Å². The maximum atomic E-state index is 6.07. The number of hydrogen-bond acceptors (Lipinski definition) is 7. The molecule has 2 aliphatic rings. The Kier molecular flexibility index (Phi) is 7.27. The lowest BCUT2D eigenvalue weighted by molar-refractivity contribution is 0.122. The molecule has 31 heavy (non-hydrogen) atoms. The zero-order chi connectivity index (χ0) is 21.6. The molecule has 0 aliphatic carbocycles. The Hall–Kier alpha value is -2.35. The normalized spacial score (nSPS) is 20.1. The van der Waals surface area contributed by atoms with Crippen molar-refractivity contribution < 1.29 is 14.2 Å². The smallest absolute Gasteiger partial charge is 0.171 e. The van der Waals surface area contributed by atoms with Crippen molar-refractivity contribution >= 4 is 5.82 Å². The number of benzene rings is 1. The molecule has 0 amide bonds. The van der Waals surface area contributed by atoms with Crippen LogP contribution in [0.1, 0.15) is 31.0 Å². The van der Waals surface area contributed by atoms with E-state index in [9.17, 15) is 0 Å². The fourth-order valence-electron chi connectivity index (χ4n) is 4.36. The SMILES string of the molecule is COc1c(CN2CCNC(c3ccccc3OC(C)C)C2)ccnc1N1CCOCC1. The van der Waals surface area contributed by atoms with Crippen LogP contribution in [0.15, 0.2) is 36.5 Å². The second-order valence-electron chi connectivity index (χ2n) is 8.37. The lowest BCUT2D eigenvalue weighted by Gasteiger charge is -2.35. The lowest BCUT2D eigenvalue weighted by atomic mass is 10.0. The number of aromatic nitrogens is 1. The lowest BCUT2D eigenvalue weighted by Crippen LogP contribution is -2.45. The van der Waals surface area contributed by atoms with Gasteiger partial charge in [-0.15, -0.1) is 0 Å². The first-order chi connectivity index (χ1) is 15.2. The van der Waals surface area contributed by atoms with E-state index in [0.29, 0.717) is 0 Å². The second-order valence-corrected chi connectivity index (χ2v) is 8.37. The molecule has 7 nitrogen and oxygen atoms in total. The van der Waals surface area contributed by atoms with Crippen molar-refractivity contribution in [2.45, 2.75) is 32.5 Å². The van der Waals surface area contributed by atoms with Crippen molar-refractivity contribution in [3.05, 3.63) is 47.7 Å². The number of methoxy groups -OCH3 is 1. The van der Waals surface area contributed by atoms with Gasteiger partial charge >= 0.3 is 0 Å². The average Bonchev–Trinajstić information content (AvgIpc) is 2.80. The number of nitrogens with zero attached hydrogens (tertiary/aromatic N) is 3. The summed E-state index contributed by atoms with van der Waals surface area (Å²) in [6.07, 6.45) is 2.05. The summed E-state index contributed by atoms with van der Waals surface area (Å²) in [6.45, 7) is 10.9. The number of para-hydroxylation sites is 1. The highest BCUT2D eigenvalue weighted by Crippen LogP contribution is 2.33. The van der Waals surface area contributed by atoms with Gasteiger partial charge in [-0.05, 0) is 26.0 Å². The number of piperazine rings is 1. The molecular weight excluding hydrogens is 392 g/mol. The van der Waals surface area contributed by atoms with E-state index < -0.39 is 0 Å². The molecule has 0 saturated carbocycles. The third-order valence-corrected chi connectivity index (χ3v) is 5.79. The quantitative estimate of drug-likeness (QED) is 0.731. The molecule has 168 valence electrons. The standard InChI is InChI=1S/C24H34N4O3/c1-18(2)31-22-7-5-4-6-20(22)21-17-27(11-10-25-21)16-19-8-9-26-24(23(19)29-3)28-12-14-30-15-13-28/h4-9,18,21,25H,10-17H2,1-3H3. The van der Waals surface area contributed by atoms with Gasteiger partial charge < -0.3 is 24.4 Å². The number of nitrogens with one attached hydrogen (secondary N) is 1. The van der Waals surface area contributed by atoms with E-state index in [2.05, 4.69) is 58.2 Å².